The highest BCUT2D eigenvalue weighted by Crippen LogP contribution is 2.39. The average molecular weight is 363 g/mol. The summed E-state index contributed by atoms with van der Waals surface area (Å²) in [4.78, 5) is 7.55. The summed E-state index contributed by atoms with van der Waals surface area (Å²) in [6.45, 7) is 0. The fourth-order valence-electron chi connectivity index (χ4n) is 4.44. The molecule has 1 fully saturated rings. The molecule has 0 amide bonds. The number of nitrogens with one attached hydrogen (secondary N) is 1. The molecule has 5 rings (SSSR count). The summed E-state index contributed by atoms with van der Waals surface area (Å²) in [5.41, 5.74) is 4.32. The molecule has 0 atom stereocenters. The second kappa shape index (κ2) is 6.76. The molecule has 138 valence electrons. The first-order chi connectivity index (χ1) is 13.3. The van der Waals surface area contributed by atoms with Crippen molar-refractivity contribution in [2.45, 2.75) is 44.4 Å². The molecule has 1 saturated carbocycles. The normalized spacial score (nSPS) is 20.5. The monoisotopic (exact) mass is 363 g/mol. The van der Waals surface area contributed by atoms with Crippen LogP contribution in [0.1, 0.15) is 49.3 Å². The number of aryl methyl sites for hydroxylation is 1. The van der Waals surface area contributed by atoms with Gasteiger partial charge in [-0.05, 0) is 68.2 Å². The second-order valence-corrected chi connectivity index (χ2v) is 7.64. The molecule has 0 unspecified atom stereocenters. The number of benzene rings is 1. The van der Waals surface area contributed by atoms with Crippen LogP contribution in [-0.4, -0.2) is 24.8 Å². The van der Waals surface area contributed by atoms with Crippen LogP contribution in [-0.2, 0) is 6.42 Å². The molecule has 27 heavy (non-hydrogen) atoms. The lowest BCUT2D eigenvalue weighted by atomic mass is 9.78. The lowest BCUT2D eigenvalue weighted by Crippen LogP contribution is -2.14. The van der Waals surface area contributed by atoms with Gasteiger partial charge in [0.25, 0.3) is 0 Å². The van der Waals surface area contributed by atoms with E-state index in [1.54, 1.807) is 23.0 Å². The average Bonchev–Trinajstić information content (AvgIpc) is 3.34. The van der Waals surface area contributed by atoms with Gasteiger partial charge in [-0.25, -0.2) is 13.9 Å². The Morgan fingerprint density at radius 3 is 2.70 bits per heavy atom. The number of aromatic amines is 1. The number of halogens is 1. The smallest absolute Gasteiger partial charge is 0.141 e. The Balaban J connectivity index is 1.27. The summed E-state index contributed by atoms with van der Waals surface area (Å²) in [5, 5.41) is 9.88. The maximum absolute atomic E-state index is 13.0. The molecule has 0 aliphatic heterocycles. The third-order valence-electron chi connectivity index (χ3n) is 5.99. The third kappa shape index (κ3) is 3.09. The zero-order valence-electron chi connectivity index (χ0n) is 15.1. The van der Waals surface area contributed by atoms with Gasteiger partial charge in [-0.15, -0.1) is 5.10 Å². The van der Waals surface area contributed by atoms with Crippen LogP contribution in [0.25, 0.3) is 16.6 Å². The molecule has 3 heterocycles. The fourth-order valence-corrected chi connectivity index (χ4v) is 4.44. The van der Waals surface area contributed by atoms with Crippen molar-refractivity contribution in [3.05, 3.63) is 59.9 Å². The topological polar surface area (TPSA) is 58.9 Å². The summed E-state index contributed by atoms with van der Waals surface area (Å²) >= 11 is 0. The summed E-state index contributed by atoms with van der Waals surface area (Å²) in [5.74, 6) is 1.04. The fraction of sp³-hybridized carbons (Fsp3) is 0.381. The Hall–Kier alpha value is -2.76. The van der Waals surface area contributed by atoms with E-state index in [-0.39, 0.29) is 5.82 Å². The van der Waals surface area contributed by atoms with Crippen LogP contribution in [0.4, 0.5) is 4.39 Å². The Morgan fingerprint density at radius 1 is 1.07 bits per heavy atom. The van der Waals surface area contributed by atoms with E-state index in [1.165, 1.54) is 24.8 Å². The van der Waals surface area contributed by atoms with Gasteiger partial charge in [-0.3, -0.25) is 0 Å². The minimum absolute atomic E-state index is 0.160. The van der Waals surface area contributed by atoms with E-state index in [9.17, 15) is 4.39 Å². The number of fused-ring (bicyclic) bond motifs is 3. The minimum Gasteiger partial charge on any atom is -0.346 e. The number of hydrogen-bond donors (Lipinski definition) is 1. The molecule has 6 heteroatoms. The number of hydrogen-bond acceptors (Lipinski definition) is 3. The number of nitrogens with zero attached hydrogens (tertiary/aromatic N) is 4. The van der Waals surface area contributed by atoms with E-state index in [4.69, 9.17) is 0 Å². The van der Waals surface area contributed by atoms with Crippen LogP contribution in [0.2, 0.25) is 0 Å². The standard InChI is InChI=1S/C21H22FN5/c22-17-9-5-15(6-10-17)2-1-14-3-7-16(8-4-14)19-20-18-11-12-23-21(18)24-13-27(20)26-25-19/h5-6,9-14,16,23H,1-4,7-8H2. The Labute approximate surface area is 156 Å². The molecule has 4 aromatic rings. The van der Waals surface area contributed by atoms with Gasteiger partial charge in [0.2, 0.25) is 0 Å². The second-order valence-electron chi connectivity index (χ2n) is 7.64. The van der Waals surface area contributed by atoms with E-state index in [2.05, 4.69) is 26.3 Å². The lowest BCUT2D eigenvalue weighted by molar-refractivity contribution is 0.308. The quantitative estimate of drug-likeness (QED) is 0.574. The summed E-state index contributed by atoms with van der Waals surface area (Å²) < 4.78 is 14.8. The predicted molar refractivity (Wildman–Crippen MR) is 102 cm³/mol. The van der Waals surface area contributed by atoms with Gasteiger partial charge in [0.05, 0.1) is 5.69 Å². The Morgan fingerprint density at radius 2 is 1.89 bits per heavy atom. The molecular weight excluding hydrogens is 341 g/mol. The van der Waals surface area contributed by atoms with Gasteiger partial charge in [0, 0.05) is 17.5 Å². The number of rotatable bonds is 4. The Kier molecular flexibility index (Phi) is 4.11. The highest BCUT2D eigenvalue weighted by atomic mass is 19.1. The van der Waals surface area contributed by atoms with Crippen molar-refractivity contribution in [3.8, 4) is 0 Å². The van der Waals surface area contributed by atoms with E-state index >= 15 is 0 Å². The van der Waals surface area contributed by atoms with E-state index in [1.807, 2.05) is 18.3 Å². The summed E-state index contributed by atoms with van der Waals surface area (Å²) in [6.07, 6.45) is 10.6. The molecule has 1 N–H and O–H groups in total. The van der Waals surface area contributed by atoms with Crippen LogP contribution in [0.15, 0.2) is 42.9 Å². The van der Waals surface area contributed by atoms with Crippen molar-refractivity contribution < 1.29 is 4.39 Å². The van der Waals surface area contributed by atoms with Gasteiger partial charge in [-0.1, -0.05) is 17.3 Å². The molecule has 0 radical (unpaired) electrons. The zero-order chi connectivity index (χ0) is 18.2. The largest absolute Gasteiger partial charge is 0.346 e. The van der Waals surface area contributed by atoms with Crippen LogP contribution < -0.4 is 0 Å². The van der Waals surface area contributed by atoms with Gasteiger partial charge < -0.3 is 4.98 Å². The molecule has 1 aliphatic carbocycles. The van der Waals surface area contributed by atoms with E-state index in [0.29, 0.717) is 5.92 Å². The number of H-pyrrole nitrogens is 1. The SMILES string of the molecule is Fc1ccc(CCC2CCC(c3nnn4cnc5[nH]ccc5c34)CC2)cc1. The van der Waals surface area contributed by atoms with Crippen molar-refractivity contribution in [3.63, 3.8) is 0 Å². The maximum Gasteiger partial charge on any atom is 0.141 e. The van der Waals surface area contributed by atoms with Gasteiger partial charge in [0.15, 0.2) is 0 Å². The van der Waals surface area contributed by atoms with Crippen molar-refractivity contribution in [1.29, 1.82) is 0 Å². The molecule has 1 aromatic carbocycles. The van der Waals surface area contributed by atoms with Gasteiger partial charge >= 0.3 is 0 Å². The number of aromatic nitrogens is 5. The minimum atomic E-state index is -0.160. The van der Waals surface area contributed by atoms with Gasteiger partial charge in [-0.2, -0.15) is 0 Å². The Bertz CT molecular complexity index is 1060. The first-order valence-corrected chi connectivity index (χ1v) is 9.69. The van der Waals surface area contributed by atoms with Crippen molar-refractivity contribution in [2.75, 3.05) is 0 Å². The first kappa shape index (κ1) is 16.4. The third-order valence-corrected chi connectivity index (χ3v) is 5.99. The summed E-state index contributed by atoms with van der Waals surface area (Å²) in [7, 11) is 0. The van der Waals surface area contributed by atoms with Gasteiger partial charge in [0.1, 0.15) is 23.3 Å². The molecular formula is C21H22FN5. The van der Waals surface area contributed by atoms with Crippen LogP contribution >= 0.6 is 0 Å². The van der Waals surface area contributed by atoms with Crippen LogP contribution in [0.3, 0.4) is 0 Å². The van der Waals surface area contributed by atoms with Crippen LogP contribution in [0.5, 0.6) is 0 Å². The van der Waals surface area contributed by atoms with E-state index in [0.717, 1.165) is 47.4 Å². The lowest BCUT2D eigenvalue weighted by Gasteiger charge is -2.27. The molecule has 5 nitrogen and oxygen atoms in total. The summed E-state index contributed by atoms with van der Waals surface area (Å²) in [6, 6.07) is 8.97. The highest BCUT2D eigenvalue weighted by Gasteiger charge is 2.26. The molecule has 0 saturated heterocycles. The van der Waals surface area contributed by atoms with Crippen molar-refractivity contribution in [1.82, 2.24) is 24.8 Å². The predicted octanol–water partition coefficient (Wildman–Crippen LogP) is 4.65. The van der Waals surface area contributed by atoms with E-state index < -0.39 is 0 Å². The van der Waals surface area contributed by atoms with Crippen molar-refractivity contribution in [2.24, 2.45) is 5.92 Å². The highest BCUT2D eigenvalue weighted by molar-refractivity contribution is 5.92. The molecule has 1 aliphatic rings. The zero-order valence-corrected chi connectivity index (χ0v) is 15.1. The first-order valence-electron chi connectivity index (χ1n) is 9.69. The van der Waals surface area contributed by atoms with Crippen molar-refractivity contribution >= 4 is 16.6 Å². The molecule has 0 spiro atoms. The van der Waals surface area contributed by atoms with Crippen LogP contribution in [0, 0.1) is 11.7 Å². The molecule has 0 bridgehead atoms. The maximum atomic E-state index is 13.0. The molecule has 3 aromatic heterocycles.